The lowest BCUT2D eigenvalue weighted by atomic mass is 10.2. The van der Waals surface area contributed by atoms with Gasteiger partial charge < -0.3 is 31.6 Å². The monoisotopic (exact) mass is 351 g/mol. The van der Waals surface area contributed by atoms with Crippen LogP contribution in [0.25, 0.3) is 0 Å². The summed E-state index contributed by atoms with van der Waals surface area (Å²) in [7, 11) is 0. The molecular weight excluding hydrogens is 330 g/mol. The number of carbonyl (C=O) groups excluding carboxylic acids is 4. The summed E-state index contributed by atoms with van der Waals surface area (Å²) in [4.78, 5) is 56.9. The summed E-state index contributed by atoms with van der Waals surface area (Å²) >= 11 is 0. The van der Waals surface area contributed by atoms with Gasteiger partial charge in [-0.15, -0.1) is 5.06 Å². The molecule has 1 fully saturated rings. The minimum atomic E-state index is -1.01. The number of aliphatic hydroxyl groups is 2. The zero-order valence-corrected chi connectivity index (χ0v) is 12.8. The Balaban J connectivity index is 0. The molecular formula is C12H21N3O9. The molecule has 0 aromatic carbocycles. The number of aliphatic carboxylic acids is 1. The van der Waals surface area contributed by atoms with Crippen LogP contribution in [0.15, 0.2) is 0 Å². The van der Waals surface area contributed by atoms with Crippen molar-refractivity contribution in [1.29, 1.82) is 0 Å². The number of carboxylic acid groups (broad SMARTS) is 1. The second-order valence-corrected chi connectivity index (χ2v) is 4.14. The van der Waals surface area contributed by atoms with E-state index in [0.717, 1.165) is 0 Å². The Morgan fingerprint density at radius 2 is 1.42 bits per heavy atom. The first-order chi connectivity index (χ1) is 11.1. The van der Waals surface area contributed by atoms with Crippen molar-refractivity contribution >= 4 is 29.8 Å². The van der Waals surface area contributed by atoms with Crippen molar-refractivity contribution in [3.05, 3.63) is 0 Å². The van der Waals surface area contributed by atoms with Gasteiger partial charge in [0.2, 0.25) is 0 Å². The highest BCUT2D eigenvalue weighted by Crippen LogP contribution is 2.13. The number of aliphatic hydroxyl groups excluding tert-OH is 2. The molecule has 4 amide bonds. The van der Waals surface area contributed by atoms with Gasteiger partial charge in [-0.25, -0.2) is 9.59 Å². The summed E-state index contributed by atoms with van der Waals surface area (Å²) in [6.07, 6.45) is -0.0901. The highest BCUT2D eigenvalue weighted by Gasteiger charge is 2.32. The van der Waals surface area contributed by atoms with Crippen LogP contribution in [-0.4, -0.2) is 63.4 Å². The smallest absolute Gasteiger partial charge is 0.333 e. The molecule has 24 heavy (non-hydrogen) atoms. The van der Waals surface area contributed by atoms with Gasteiger partial charge in [-0.2, -0.15) is 0 Å². The van der Waals surface area contributed by atoms with E-state index in [0.29, 0.717) is 5.06 Å². The molecule has 138 valence electrons. The van der Waals surface area contributed by atoms with Crippen LogP contribution in [0.3, 0.4) is 0 Å². The molecule has 0 aromatic heterocycles. The number of nitrogens with two attached hydrogens (primary N) is 2. The number of carbonyl (C=O) groups is 5. The minimum absolute atomic E-state index is 0.0429. The summed E-state index contributed by atoms with van der Waals surface area (Å²) in [5.74, 6) is -2.88. The Morgan fingerprint density at radius 1 is 1.00 bits per heavy atom. The Hall–Kier alpha value is -2.73. The maximum absolute atomic E-state index is 11.1. The van der Waals surface area contributed by atoms with Gasteiger partial charge >= 0.3 is 18.0 Å². The van der Waals surface area contributed by atoms with Crippen LogP contribution >= 0.6 is 0 Å². The number of hydrogen-bond donors (Lipinski definition) is 5. The lowest BCUT2D eigenvalue weighted by molar-refractivity contribution is -0.197. The number of primary amides is 2. The molecule has 1 aliphatic heterocycles. The SMILES string of the molecule is NC(N)=O.O=C(O)CCCC(=O)ON1C(=O)CCC1=O.OCCO. The largest absolute Gasteiger partial charge is 0.481 e. The Bertz CT molecular complexity index is 431. The van der Waals surface area contributed by atoms with Crippen molar-refractivity contribution < 1.29 is 44.1 Å². The average Bonchev–Trinajstić information content (AvgIpc) is 2.78. The van der Waals surface area contributed by atoms with E-state index in [2.05, 4.69) is 16.3 Å². The van der Waals surface area contributed by atoms with Crippen molar-refractivity contribution in [1.82, 2.24) is 5.06 Å². The molecule has 0 aliphatic carbocycles. The van der Waals surface area contributed by atoms with Crippen LogP contribution < -0.4 is 11.5 Å². The van der Waals surface area contributed by atoms with E-state index in [1.54, 1.807) is 0 Å². The maximum atomic E-state index is 11.1. The maximum Gasteiger partial charge on any atom is 0.333 e. The fraction of sp³-hybridized carbons (Fsp3) is 0.583. The van der Waals surface area contributed by atoms with Crippen molar-refractivity contribution in [2.24, 2.45) is 11.5 Å². The first-order valence-corrected chi connectivity index (χ1v) is 6.70. The first-order valence-electron chi connectivity index (χ1n) is 6.70. The summed E-state index contributed by atoms with van der Waals surface area (Å²) in [6.45, 7) is -0.250. The van der Waals surface area contributed by atoms with Gasteiger partial charge in [-0.05, 0) is 6.42 Å². The molecule has 0 spiro atoms. The fourth-order valence-corrected chi connectivity index (χ4v) is 1.19. The van der Waals surface area contributed by atoms with Crippen molar-refractivity contribution in [3.8, 4) is 0 Å². The van der Waals surface area contributed by atoms with E-state index in [4.69, 9.17) is 20.1 Å². The van der Waals surface area contributed by atoms with Crippen LogP contribution in [0.2, 0.25) is 0 Å². The Labute approximate surface area is 136 Å². The summed E-state index contributed by atoms with van der Waals surface area (Å²) < 4.78 is 0. The number of rotatable bonds is 6. The molecule has 1 saturated heterocycles. The topological polar surface area (TPSA) is 211 Å². The van der Waals surface area contributed by atoms with Gasteiger partial charge in [0.1, 0.15) is 0 Å². The van der Waals surface area contributed by atoms with E-state index in [9.17, 15) is 19.2 Å². The van der Waals surface area contributed by atoms with Gasteiger partial charge in [0.15, 0.2) is 0 Å². The number of urea groups is 1. The summed E-state index contributed by atoms with van der Waals surface area (Å²) in [5.41, 5.74) is 8.50. The standard InChI is InChI=1S/C9H11NO6.C2H6O2.CH4N2O/c11-6-4-5-7(12)10(6)16-9(15)3-1-2-8(13)14;3-1-2-4;2-1(3)4/h1-5H2,(H,13,14);3-4H,1-2H2;(H4,2,3,4). The van der Waals surface area contributed by atoms with Gasteiger partial charge in [-0.1, -0.05) is 0 Å². The predicted molar refractivity (Wildman–Crippen MR) is 76.6 cm³/mol. The molecule has 1 aliphatic rings. The average molecular weight is 351 g/mol. The molecule has 0 radical (unpaired) electrons. The highest BCUT2D eigenvalue weighted by molar-refractivity contribution is 6.01. The molecule has 1 rings (SSSR count). The molecule has 0 aromatic rings. The first kappa shape index (κ1) is 23.5. The highest BCUT2D eigenvalue weighted by atomic mass is 16.7. The quantitative estimate of drug-likeness (QED) is 0.329. The van der Waals surface area contributed by atoms with Crippen molar-refractivity contribution in [3.63, 3.8) is 0 Å². The number of hydroxylamine groups is 2. The van der Waals surface area contributed by atoms with Gasteiger partial charge in [0.05, 0.1) is 13.2 Å². The lowest BCUT2D eigenvalue weighted by Gasteiger charge is -2.11. The van der Waals surface area contributed by atoms with Crippen LogP contribution in [-0.2, 0) is 24.0 Å². The zero-order chi connectivity index (χ0) is 19.1. The van der Waals surface area contributed by atoms with Crippen molar-refractivity contribution in [2.75, 3.05) is 13.2 Å². The third kappa shape index (κ3) is 14.2. The number of hydrogen-bond acceptors (Lipinski definition) is 8. The van der Waals surface area contributed by atoms with Gasteiger partial charge in [-0.3, -0.25) is 14.4 Å². The summed E-state index contributed by atoms with van der Waals surface area (Å²) in [5, 5.41) is 24.0. The van der Waals surface area contributed by atoms with Gasteiger partial charge in [0, 0.05) is 25.7 Å². The summed E-state index contributed by atoms with van der Waals surface area (Å²) in [6, 6.07) is -0.833. The number of amides is 4. The Kier molecular flexibility index (Phi) is 13.6. The molecule has 0 atom stereocenters. The third-order valence-corrected chi connectivity index (χ3v) is 2.07. The van der Waals surface area contributed by atoms with E-state index < -0.39 is 29.8 Å². The minimum Gasteiger partial charge on any atom is -0.481 e. The lowest BCUT2D eigenvalue weighted by Crippen LogP contribution is -2.32. The molecule has 1 heterocycles. The molecule has 0 bridgehead atoms. The zero-order valence-electron chi connectivity index (χ0n) is 12.8. The second kappa shape index (κ2) is 13.9. The molecule has 12 nitrogen and oxygen atoms in total. The Morgan fingerprint density at radius 3 is 1.75 bits per heavy atom. The molecule has 0 unspecified atom stereocenters. The number of nitrogens with zero attached hydrogens (tertiary/aromatic N) is 1. The number of imide groups is 1. The van der Waals surface area contributed by atoms with E-state index in [1.807, 2.05) is 0 Å². The van der Waals surface area contributed by atoms with Crippen molar-refractivity contribution in [2.45, 2.75) is 32.1 Å². The van der Waals surface area contributed by atoms with Crippen LogP contribution in [0, 0.1) is 0 Å². The third-order valence-electron chi connectivity index (χ3n) is 2.07. The molecule has 12 heteroatoms. The molecule has 0 saturated carbocycles. The van der Waals surface area contributed by atoms with Gasteiger partial charge in [0.25, 0.3) is 11.8 Å². The van der Waals surface area contributed by atoms with E-state index in [-0.39, 0.29) is 45.3 Å². The second-order valence-electron chi connectivity index (χ2n) is 4.14. The normalized spacial score (nSPS) is 12.5. The van der Waals surface area contributed by atoms with Crippen LogP contribution in [0.4, 0.5) is 4.79 Å². The molecule has 7 N–H and O–H groups in total. The van der Waals surface area contributed by atoms with E-state index >= 15 is 0 Å². The van der Waals surface area contributed by atoms with Crippen LogP contribution in [0.1, 0.15) is 32.1 Å². The van der Waals surface area contributed by atoms with E-state index in [1.165, 1.54) is 0 Å². The number of carboxylic acids is 1. The predicted octanol–water partition coefficient (Wildman–Crippen LogP) is -2.16. The fourth-order valence-electron chi connectivity index (χ4n) is 1.19. The van der Waals surface area contributed by atoms with Crippen LogP contribution in [0.5, 0.6) is 0 Å².